The highest BCUT2D eigenvalue weighted by Crippen LogP contribution is 2.15. The first-order valence-electron chi connectivity index (χ1n) is 7.89. The molecule has 0 radical (unpaired) electrons. The van der Waals surface area contributed by atoms with Gasteiger partial charge in [-0.25, -0.2) is 9.18 Å². The second kappa shape index (κ2) is 8.28. The van der Waals surface area contributed by atoms with Gasteiger partial charge >= 0.3 is 5.97 Å². The van der Waals surface area contributed by atoms with E-state index in [1.807, 2.05) is 0 Å². The fourth-order valence-electron chi connectivity index (χ4n) is 1.99. The van der Waals surface area contributed by atoms with Crippen molar-refractivity contribution in [2.75, 3.05) is 5.32 Å². The van der Waals surface area contributed by atoms with Gasteiger partial charge in [-0.2, -0.15) is 0 Å². The van der Waals surface area contributed by atoms with E-state index >= 15 is 0 Å². The Morgan fingerprint density at radius 1 is 0.960 bits per heavy atom. The highest BCUT2D eigenvalue weighted by atomic mass is 19.1. The monoisotopic (exact) mass is 345 g/mol. The molecule has 2 aromatic rings. The zero-order valence-electron chi connectivity index (χ0n) is 14.3. The summed E-state index contributed by atoms with van der Waals surface area (Å²) >= 11 is 0. The highest BCUT2D eigenvalue weighted by Gasteiger charge is 2.15. The van der Waals surface area contributed by atoms with E-state index in [1.165, 1.54) is 24.3 Å². The van der Waals surface area contributed by atoms with Crippen LogP contribution in [0.3, 0.4) is 0 Å². The van der Waals surface area contributed by atoms with Crippen LogP contribution in [0.15, 0.2) is 48.5 Å². The van der Waals surface area contributed by atoms with E-state index < -0.39 is 12.1 Å². The van der Waals surface area contributed by atoms with Gasteiger partial charge < -0.3 is 14.8 Å². The summed E-state index contributed by atoms with van der Waals surface area (Å²) in [6.45, 7) is 5.14. The van der Waals surface area contributed by atoms with Crippen molar-refractivity contribution in [2.24, 2.45) is 0 Å². The number of hydrogen-bond acceptors (Lipinski definition) is 4. The third-order valence-corrected chi connectivity index (χ3v) is 3.23. The summed E-state index contributed by atoms with van der Waals surface area (Å²) in [5.74, 6) is -0.751. The SMILES string of the molecule is CC(C)OC(=O)c1ccc(NC(=O)[C@@H](C)Oc2ccc(F)cc2)cc1. The van der Waals surface area contributed by atoms with Gasteiger partial charge in [-0.15, -0.1) is 0 Å². The molecule has 0 saturated carbocycles. The van der Waals surface area contributed by atoms with Gasteiger partial charge in [0.1, 0.15) is 11.6 Å². The smallest absolute Gasteiger partial charge is 0.338 e. The third kappa shape index (κ3) is 5.60. The van der Waals surface area contributed by atoms with Crippen molar-refractivity contribution in [3.05, 3.63) is 59.9 Å². The van der Waals surface area contributed by atoms with Crippen molar-refractivity contribution in [1.29, 1.82) is 0 Å². The second-order valence-electron chi connectivity index (χ2n) is 5.73. The van der Waals surface area contributed by atoms with E-state index in [9.17, 15) is 14.0 Å². The average Bonchev–Trinajstić information content (AvgIpc) is 2.57. The summed E-state index contributed by atoms with van der Waals surface area (Å²) in [5, 5.41) is 2.69. The van der Waals surface area contributed by atoms with E-state index in [0.29, 0.717) is 17.0 Å². The fourth-order valence-corrected chi connectivity index (χ4v) is 1.99. The number of rotatable bonds is 6. The Bertz CT molecular complexity index is 726. The van der Waals surface area contributed by atoms with Crippen molar-refractivity contribution in [3.8, 4) is 5.75 Å². The Kier molecular flexibility index (Phi) is 6.11. The van der Waals surface area contributed by atoms with Crippen molar-refractivity contribution < 1.29 is 23.5 Å². The Labute approximate surface area is 145 Å². The molecule has 0 unspecified atom stereocenters. The molecular weight excluding hydrogens is 325 g/mol. The van der Waals surface area contributed by atoms with Crippen LogP contribution in [-0.2, 0) is 9.53 Å². The zero-order chi connectivity index (χ0) is 18.4. The molecule has 0 bridgehead atoms. The number of carbonyl (C=O) groups is 2. The molecule has 1 N–H and O–H groups in total. The van der Waals surface area contributed by atoms with Gasteiger partial charge in [0.25, 0.3) is 5.91 Å². The standard InChI is InChI=1S/C19H20FNO4/c1-12(2)24-19(23)14-4-8-16(9-5-14)21-18(22)13(3)25-17-10-6-15(20)7-11-17/h4-13H,1-3H3,(H,21,22)/t13-/m1/s1. The number of benzene rings is 2. The molecule has 1 atom stereocenters. The highest BCUT2D eigenvalue weighted by molar-refractivity contribution is 5.95. The Morgan fingerprint density at radius 2 is 1.56 bits per heavy atom. The molecule has 25 heavy (non-hydrogen) atoms. The summed E-state index contributed by atoms with van der Waals surface area (Å²) in [5.41, 5.74) is 0.933. The molecule has 0 fully saturated rings. The predicted octanol–water partition coefficient (Wildman–Crippen LogP) is 3.80. The summed E-state index contributed by atoms with van der Waals surface area (Å²) in [7, 11) is 0. The molecule has 6 heteroatoms. The van der Waals surface area contributed by atoms with Gasteiger partial charge in [-0.1, -0.05) is 0 Å². The predicted molar refractivity (Wildman–Crippen MR) is 92.1 cm³/mol. The lowest BCUT2D eigenvalue weighted by Crippen LogP contribution is -2.30. The zero-order valence-corrected chi connectivity index (χ0v) is 14.3. The number of amides is 1. The maximum Gasteiger partial charge on any atom is 0.338 e. The molecule has 0 heterocycles. The molecule has 0 aliphatic carbocycles. The van der Waals surface area contributed by atoms with E-state index in [0.717, 1.165) is 0 Å². The quantitative estimate of drug-likeness (QED) is 0.809. The summed E-state index contributed by atoms with van der Waals surface area (Å²) < 4.78 is 23.4. The Morgan fingerprint density at radius 3 is 2.12 bits per heavy atom. The summed E-state index contributed by atoms with van der Waals surface area (Å²) in [4.78, 5) is 23.9. The Balaban J connectivity index is 1.93. The Hall–Kier alpha value is -2.89. The first kappa shape index (κ1) is 18.4. The molecule has 0 aliphatic rings. The largest absolute Gasteiger partial charge is 0.481 e. The van der Waals surface area contributed by atoms with Crippen LogP contribution in [-0.4, -0.2) is 24.1 Å². The van der Waals surface area contributed by atoms with Crippen LogP contribution in [0.25, 0.3) is 0 Å². The van der Waals surface area contributed by atoms with Crippen molar-refractivity contribution in [3.63, 3.8) is 0 Å². The topological polar surface area (TPSA) is 64.6 Å². The number of anilines is 1. The minimum absolute atomic E-state index is 0.198. The molecule has 0 aromatic heterocycles. The normalized spacial score (nSPS) is 11.7. The van der Waals surface area contributed by atoms with Crippen LogP contribution >= 0.6 is 0 Å². The van der Waals surface area contributed by atoms with E-state index in [1.54, 1.807) is 45.0 Å². The van der Waals surface area contributed by atoms with Crippen LogP contribution in [0.5, 0.6) is 5.75 Å². The maximum atomic E-state index is 12.9. The number of halogens is 1. The van der Waals surface area contributed by atoms with Crippen LogP contribution in [0.2, 0.25) is 0 Å². The number of esters is 1. The minimum Gasteiger partial charge on any atom is -0.481 e. The molecule has 0 spiro atoms. The van der Waals surface area contributed by atoms with Crippen LogP contribution in [0.1, 0.15) is 31.1 Å². The van der Waals surface area contributed by atoms with Crippen molar-refractivity contribution >= 4 is 17.6 Å². The van der Waals surface area contributed by atoms with E-state index in [-0.39, 0.29) is 17.8 Å². The molecule has 2 rings (SSSR count). The minimum atomic E-state index is -0.768. The van der Waals surface area contributed by atoms with Gasteiger partial charge in [0.05, 0.1) is 11.7 Å². The molecule has 5 nitrogen and oxygen atoms in total. The van der Waals surface area contributed by atoms with Crippen molar-refractivity contribution in [1.82, 2.24) is 0 Å². The number of hydrogen-bond donors (Lipinski definition) is 1. The maximum absolute atomic E-state index is 12.9. The lowest BCUT2D eigenvalue weighted by molar-refractivity contribution is -0.122. The summed E-state index contributed by atoms with van der Waals surface area (Å²) in [6, 6.07) is 11.8. The van der Waals surface area contributed by atoms with E-state index in [2.05, 4.69) is 5.32 Å². The molecular formula is C19H20FNO4. The number of ether oxygens (including phenoxy) is 2. The fraction of sp³-hybridized carbons (Fsp3) is 0.263. The van der Waals surface area contributed by atoms with Crippen LogP contribution < -0.4 is 10.1 Å². The molecule has 2 aromatic carbocycles. The first-order valence-corrected chi connectivity index (χ1v) is 7.89. The lowest BCUT2D eigenvalue weighted by atomic mass is 10.2. The molecule has 0 saturated heterocycles. The van der Waals surface area contributed by atoms with Gasteiger partial charge in [-0.3, -0.25) is 4.79 Å². The van der Waals surface area contributed by atoms with Gasteiger partial charge in [-0.05, 0) is 69.3 Å². The number of nitrogens with one attached hydrogen (secondary N) is 1. The third-order valence-electron chi connectivity index (χ3n) is 3.23. The lowest BCUT2D eigenvalue weighted by Gasteiger charge is -2.15. The van der Waals surface area contributed by atoms with Gasteiger partial charge in [0, 0.05) is 5.69 Å². The second-order valence-corrected chi connectivity index (χ2v) is 5.73. The van der Waals surface area contributed by atoms with Crippen LogP contribution in [0.4, 0.5) is 10.1 Å². The van der Waals surface area contributed by atoms with Crippen molar-refractivity contribution in [2.45, 2.75) is 33.0 Å². The van der Waals surface area contributed by atoms with Crippen LogP contribution in [0, 0.1) is 5.82 Å². The molecule has 0 aliphatic heterocycles. The van der Waals surface area contributed by atoms with Gasteiger partial charge in [0.2, 0.25) is 0 Å². The average molecular weight is 345 g/mol. The van der Waals surface area contributed by atoms with Gasteiger partial charge in [0.15, 0.2) is 6.10 Å². The first-order chi connectivity index (χ1) is 11.8. The molecule has 1 amide bonds. The van der Waals surface area contributed by atoms with E-state index in [4.69, 9.17) is 9.47 Å². The number of carbonyl (C=O) groups excluding carboxylic acids is 2. The molecule has 132 valence electrons. The summed E-state index contributed by atoms with van der Waals surface area (Å²) in [6.07, 6.45) is -0.965.